The molecule has 1 aromatic rings. The van der Waals surface area contributed by atoms with E-state index in [0.717, 1.165) is 18.5 Å². The van der Waals surface area contributed by atoms with Crippen LogP contribution in [0.15, 0.2) is 24.3 Å². The van der Waals surface area contributed by atoms with Crippen molar-refractivity contribution in [1.29, 1.82) is 0 Å². The Bertz CT molecular complexity index is 335. The van der Waals surface area contributed by atoms with Crippen molar-refractivity contribution in [3.8, 4) is 0 Å². The first-order chi connectivity index (χ1) is 8.08. The van der Waals surface area contributed by atoms with Crippen LogP contribution >= 0.6 is 0 Å². The lowest BCUT2D eigenvalue weighted by Gasteiger charge is -2.26. The molecule has 0 aliphatic heterocycles. The molecule has 0 radical (unpaired) electrons. The van der Waals surface area contributed by atoms with Gasteiger partial charge in [0, 0.05) is 6.54 Å². The highest BCUT2D eigenvalue weighted by Gasteiger charge is 2.18. The summed E-state index contributed by atoms with van der Waals surface area (Å²) in [7, 11) is 4.24. The Hall–Kier alpha value is -0.860. The molecule has 0 saturated heterocycles. The average molecular weight is 235 g/mol. The van der Waals surface area contributed by atoms with E-state index in [9.17, 15) is 5.11 Å². The summed E-state index contributed by atoms with van der Waals surface area (Å²) in [6.45, 7) is 5.77. The quantitative estimate of drug-likeness (QED) is 0.819. The van der Waals surface area contributed by atoms with E-state index in [4.69, 9.17) is 0 Å². The fraction of sp³-hybridized carbons (Fsp3) is 0.600. The number of hydrogen-bond acceptors (Lipinski definition) is 2. The van der Waals surface area contributed by atoms with E-state index in [0.29, 0.717) is 11.8 Å². The van der Waals surface area contributed by atoms with Crippen LogP contribution in [0.25, 0.3) is 0 Å². The highest BCUT2D eigenvalue weighted by molar-refractivity contribution is 5.26. The van der Waals surface area contributed by atoms with Crippen LogP contribution in [0.1, 0.15) is 37.3 Å². The van der Waals surface area contributed by atoms with Gasteiger partial charge in [0.25, 0.3) is 0 Å². The van der Waals surface area contributed by atoms with Crippen LogP contribution in [0.4, 0.5) is 0 Å². The molecule has 0 spiro atoms. The predicted molar refractivity (Wildman–Crippen MR) is 73.1 cm³/mol. The summed E-state index contributed by atoms with van der Waals surface area (Å²) in [6, 6.07) is 8.35. The van der Waals surface area contributed by atoms with E-state index in [1.807, 2.05) is 12.1 Å². The van der Waals surface area contributed by atoms with Crippen LogP contribution < -0.4 is 0 Å². The molecule has 96 valence electrons. The molecule has 0 fully saturated rings. The number of rotatable bonds is 6. The minimum absolute atomic E-state index is 0.131. The molecule has 0 unspecified atom stereocenters. The first-order valence-electron chi connectivity index (χ1n) is 6.42. The predicted octanol–water partition coefficient (Wildman–Crippen LogP) is 2.87. The zero-order chi connectivity index (χ0) is 12.8. The van der Waals surface area contributed by atoms with Gasteiger partial charge in [0.05, 0.1) is 6.61 Å². The Kier molecular flexibility index (Phi) is 5.66. The molecular formula is C15H25NO. The maximum Gasteiger partial charge on any atom is 0.0681 e. The second-order valence-corrected chi connectivity index (χ2v) is 5.16. The zero-order valence-corrected chi connectivity index (χ0v) is 11.5. The Morgan fingerprint density at radius 1 is 1.29 bits per heavy atom. The van der Waals surface area contributed by atoms with Gasteiger partial charge >= 0.3 is 0 Å². The molecule has 0 amide bonds. The van der Waals surface area contributed by atoms with Gasteiger partial charge in [-0.1, -0.05) is 38.1 Å². The number of aliphatic hydroxyl groups excluding tert-OH is 1. The van der Waals surface area contributed by atoms with Gasteiger partial charge in [-0.2, -0.15) is 0 Å². The van der Waals surface area contributed by atoms with Gasteiger partial charge in [0.2, 0.25) is 0 Å². The third-order valence-electron chi connectivity index (χ3n) is 3.34. The second-order valence-electron chi connectivity index (χ2n) is 5.16. The van der Waals surface area contributed by atoms with E-state index in [1.54, 1.807) is 0 Å². The molecule has 2 nitrogen and oxygen atoms in total. The van der Waals surface area contributed by atoms with Gasteiger partial charge in [-0.05, 0) is 43.5 Å². The summed E-state index contributed by atoms with van der Waals surface area (Å²) >= 11 is 0. The maximum atomic E-state index is 9.19. The maximum absolute atomic E-state index is 9.19. The smallest absolute Gasteiger partial charge is 0.0681 e. The first kappa shape index (κ1) is 14.2. The van der Waals surface area contributed by atoms with Crippen LogP contribution in [-0.2, 0) is 6.61 Å². The van der Waals surface area contributed by atoms with Crippen LogP contribution in [0.5, 0.6) is 0 Å². The number of benzene rings is 1. The summed E-state index contributed by atoms with van der Waals surface area (Å²) in [5.41, 5.74) is 2.37. The Morgan fingerprint density at radius 3 is 2.53 bits per heavy atom. The molecule has 1 rings (SSSR count). The summed E-state index contributed by atoms with van der Waals surface area (Å²) in [5, 5.41) is 9.19. The lowest BCUT2D eigenvalue weighted by Crippen LogP contribution is -2.24. The number of nitrogens with zero attached hydrogens (tertiary/aromatic N) is 1. The lowest BCUT2D eigenvalue weighted by atomic mass is 9.84. The largest absolute Gasteiger partial charge is 0.392 e. The fourth-order valence-electron chi connectivity index (χ4n) is 2.59. The topological polar surface area (TPSA) is 23.5 Å². The second kappa shape index (κ2) is 6.77. The number of aliphatic hydroxyl groups is 1. The Morgan fingerprint density at radius 2 is 2.00 bits per heavy atom. The van der Waals surface area contributed by atoms with Crippen molar-refractivity contribution in [2.75, 3.05) is 20.6 Å². The van der Waals surface area contributed by atoms with Crippen molar-refractivity contribution in [2.45, 2.75) is 32.8 Å². The molecule has 0 aliphatic carbocycles. The van der Waals surface area contributed by atoms with Crippen molar-refractivity contribution >= 4 is 0 Å². The molecule has 0 aromatic heterocycles. The van der Waals surface area contributed by atoms with Crippen molar-refractivity contribution < 1.29 is 5.11 Å². The third-order valence-corrected chi connectivity index (χ3v) is 3.34. The van der Waals surface area contributed by atoms with Gasteiger partial charge in [-0.25, -0.2) is 0 Å². The third kappa shape index (κ3) is 4.14. The first-order valence-corrected chi connectivity index (χ1v) is 6.42. The molecular weight excluding hydrogens is 210 g/mol. The summed E-state index contributed by atoms with van der Waals surface area (Å²) in [5.74, 6) is 1.20. The molecule has 0 aliphatic rings. The lowest BCUT2D eigenvalue weighted by molar-refractivity contribution is 0.280. The highest BCUT2D eigenvalue weighted by Crippen LogP contribution is 2.28. The van der Waals surface area contributed by atoms with Gasteiger partial charge < -0.3 is 10.0 Å². The van der Waals surface area contributed by atoms with E-state index in [2.05, 4.69) is 45.0 Å². The van der Waals surface area contributed by atoms with Crippen LogP contribution in [0, 0.1) is 5.92 Å². The van der Waals surface area contributed by atoms with E-state index in [-0.39, 0.29) is 6.61 Å². The average Bonchev–Trinajstić information content (AvgIpc) is 2.29. The molecule has 0 saturated carbocycles. The van der Waals surface area contributed by atoms with Crippen molar-refractivity contribution in [3.63, 3.8) is 0 Å². The fourth-order valence-corrected chi connectivity index (χ4v) is 2.59. The van der Waals surface area contributed by atoms with Gasteiger partial charge in [-0.3, -0.25) is 0 Å². The van der Waals surface area contributed by atoms with E-state index in [1.165, 1.54) is 5.56 Å². The molecule has 2 heteroatoms. The molecule has 2 atom stereocenters. The van der Waals surface area contributed by atoms with Crippen molar-refractivity contribution in [1.82, 2.24) is 4.90 Å². The van der Waals surface area contributed by atoms with Gasteiger partial charge in [0.15, 0.2) is 0 Å². The highest BCUT2D eigenvalue weighted by atomic mass is 16.3. The van der Waals surface area contributed by atoms with Gasteiger partial charge in [0.1, 0.15) is 0 Å². The molecule has 1 N–H and O–H groups in total. The molecule has 0 bridgehead atoms. The molecule has 17 heavy (non-hydrogen) atoms. The minimum Gasteiger partial charge on any atom is -0.392 e. The molecule has 0 heterocycles. The summed E-state index contributed by atoms with van der Waals surface area (Å²) in [4.78, 5) is 2.24. The summed E-state index contributed by atoms with van der Waals surface area (Å²) in [6.07, 6.45) is 1.14. The van der Waals surface area contributed by atoms with Crippen LogP contribution in [0.3, 0.4) is 0 Å². The monoisotopic (exact) mass is 235 g/mol. The Labute approximate surface area is 105 Å². The summed E-state index contributed by atoms with van der Waals surface area (Å²) < 4.78 is 0. The number of hydrogen-bond donors (Lipinski definition) is 1. The van der Waals surface area contributed by atoms with Crippen LogP contribution in [0.2, 0.25) is 0 Å². The van der Waals surface area contributed by atoms with Crippen molar-refractivity contribution in [2.24, 2.45) is 5.92 Å². The van der Waals surface area contributed by atoms with Gasteiger partial charge in [-0.15, -0.1) is 0 Å². The van der Waals surface area contributed by atoms with E-state index >= 15 is 0 Å². The Balaban J connectivity index is 2.84. The van der Waals surface area contributed by atoms with Crippen LogP contribution in [-0.4, -0.2) is 30.6 Å². The zero-order valence-electron chi connectivity index (χ0n) is 11.5. The minimum atomic E-state index is 0.131. The van der Waals surface area contributed by atoms with Crippen molar-refractivity contribution in [3.05, 3.63) is 35.4 Å². The SMILES string of the molecule is CC[C@@H](c1cccc(CO)c1)[C@@H](C)CN(C)C. The molecule has 1 aromatic carbocycles. The normalized spacial score (nSPS) is 14.9. The standard InChI is InChI=1S/C15H25NO/c1-5-15(12(2)10-16(3)4)14-8-6-7-13(9-14)11-17/h6-9,12,15,17H,5,10-11H2,1-4H3/t12-,15+/m0/s1. The van der Waals surface area contributed by atoms with E-state index < -0.39 is 0 Å².